The summed E-state index contributed by atoms with van der Waals surface area (Å²) in [4.78, 5) is 59.8. The van der Waals surface area contributed by atoms with Crippen LogP contribution in [0.5, 0.6) is 5.75 Å². The van der Waals surface area contributed by atoms with Gasteiger partial charge in [-0.25, -0.2) is 9.78 Å². The molecule has 3 aliphatic heterocycles. The van der Waals surface area contributed by atoms with E-state index in [1.165, 1.54) is 11.3 Å². The van der Waals surface area contributed by atoms with Crippen molar-refractivity contribution in [1.82, 2.24) is 39.2 Å². The average molecular weight is 993 g/mol. The fourth-order valence-corrected chi connectivity index (χ4v) is 12.0. The second-order valence-corrected chi connectivity index (χ2v) is 22.3. The quantitative estimate of drug-likeness (QED) is 0.0811. The number of fused-ring (bicyclic) bond motifs is 2. The SMILES string of the molecule is CCc1cc(Nc2ncc(Br)c(Nc3ccc4nc(C)ccc4c3P(C)(C)=O)n2)c(OC)cc1N1CCC(N2CCN(CCc3cccc4c3n(C)c(=O)n4C3CCC(=O)NC3=O)CC2)CC1. The summed E-state index contributed by atoms with van der Waals surface area (Å²) in [5, 5.41) is 10.8. The summed E-state index contributed by atoms with van der Waals surface area (Å²) in [7, 11) is 0.721. The summed E-state index contributed by atoms with van der Waals surface area (Å²) >= 11 is 3.63. The molecule has 3 fully saturated rings. The number of imidazole rings is 1. The van der Waals surface area contributed by atoms with Crippen molar-refractivity contribution in [3.63, 3.8) is 0 Å². The molecule has 352 valence electrons. The molecule has 16 nitrogen and oxygen atoms in total. The number of carbonyl (C=O) groups excluding carboxylic acids is 2. The highest BCUT2D eigenvalue weighted by molar-refractivity contribution is 9.10. The molecule has 67 heavy (non-hydrogen) atoms. The number of hydrogen-bond donors (Lipinski definition) is 3. The zero-order valence-electron chi connectivity index (χ0n) is 39.1. The number of rotatable bonds is 13. The zero-order valence-corrected chi connectivity index (χ0v) is 41.5. The summed E-state index contributed by atoms with van der Waals surface area (Å²) in [5.41, 5.74) is 8.01. The van der Waals surface area contributed by atoms with Gasteiger partial charge in [0, 0.05) is 99.7 Å². The Morgan fingerprint density at radius 1 is 0.910 bits per heavy atom. The molecule has 3 saturated heterocycles. The van der Waals surface area contributed by atoms with Crippen molar-refractivity contribution in [3.05, 3.63) is 92.6 Å². The first kappa shape index (κ1) is 46.5. The molecule has 0 bridgehead atoms. The Balaban J connectivity index is 0.819. The standard InChI is InChI=1S/C49H59BrN11O5P/c1-7-31-27-38(54-48-51-29-35(50)46(56-48)53-37-14-13-36-34(12-11-30(2)52-36)45(37)67(5,6)65)42(66-4)28-41(31)60-21-18-33(19-22-60)59-25-23-58(24-26-59)20-17-32-9-8-10-39-44(32)57(3)49(64)61(39)40-15-16-43(62)55-47(40)63/h8-14,27-29,33,40H,7,15-26H2,1-6H3,(H,55,62,63)(H2,51,53,54,56). The average Bonchev–Trinajstić information content (AvgIpc) is 3.57. The number of pyridine rings is 1. The lowest BCUT2D eigenvalue weighted by molar-refractivity contribution is -0.135. The van der Waals surface area contributed by atoms with Crippen LogP contribution in [0.3, 0.4) is 0 Å². The number of nitrogens with one attached hydrogen (secondary N) is 3. The van der Waals surface area contributed by atoms with Gasteiger partial charge in [-0.05, 0) is 110 Å². The van der Waals surface area contributed by atoms with E-state index in [0.29, 0.717) is 40.1 Å². The van der Waals surface area contributed by atoms with E-state index in [2.05, 4.69) is 81.7 Å². The Hall–Kier alpha value is -5.61. The van der Waals surface area contributed by atoms with Gasteiger partial charge in [0.15, 0.2) is 0 Å². The van der Waals surface area contributed by atoms with Crippen molar-refractivity contribution in [2.45, 2.75) is 64.5 Å². The summed E-state index contributed by atoms with van der Waals surface area (Å²) in [6.07, 6.45) is 6.03. The van der Waals surface area contributed by atoms with Gasteiger partial charge in [-0.15, -0.1) is 0 Å². The fourth-order valence-electron chi connectivity index (χ4n) is 10.2. The van der Waals surface area contributed by atoms with E-state index < -0.39 is 19.1 Å². The van der Waals surface area contributed by atoms with Gasteiger partial charge in [-0.1, -0.05) is 25.1 Å². The zero-order chi connectivity index (χ0) is 47.1. The third-order valence-corrected chi connectivity index (χ3v) is 15.8. The van der Waals surface area contributed by atoms with Gasteiger partial charge in [-0.3, -0.25) is 33.9 Å². The van der Waals surface area contributed by atoms with Crippen LogP contribution in [-0.4, -0.2) is 118 Å². The van der Waals surface area contributed by atoms with Crippen LogP contribution >= 0.6 is 23.1 Å². The van der Waals surface area contributed by atoms with Crippen LogP contribution < -0.4 is 36.6 Å². The number of ether oxygens (including phenoxy) is 1. The van der Waals surface area contributed by atoms with Crippen LogP contribution in [0, 0.1) is 6.92 Å². The minimum absolute atomic E-state index is 0.219. The van der Waals surface area contributed by atoms with Crippen LogP contribution in [0.2, 0.25) is 0 Å². The van der Waals surface area contributed by atoms with Crippen molar-refractivity contribution in [1.29, 1.82) is 0 Å². The van der Waals surface area contributed by atoms with Crippen LogP contribution in [-0.2, 0) is 34.0 Å². The Morgan fingerprint density at radius 2 is 1.69 bits per heavy atom. The Morgan fingerprint density at radius 3 is 2.40 bits per heavy atom. The first-order valence-electron chi connectivity index (χ1n) is 23.2. The van der Waals surface area contributed by atoms with Gasteiger partial charge < -0.3 is 29.7 Å². The minimum Gasteiger partial charge on any atom is -0.494 e. The van der Waals surface area contributed by atoms with E-state index in [0.717, 1.165) is 116 Å². The molecule has 1 atom stereocenters. The number of imide groups is 1. The van der Waals surface area contributed by atoms with E-state index in [1.807, 2.05) is 43.3 Å². The first-order chi connectivity index (χ1) is 32.2. The molecule has 3 aliphatic rings. The Labute approximate surface area is 399 Å². The summed E-state index contributed by atoms with van der Waals surface area (Å²) in [5.74, 6) is 0.915. The molecule has 18 heteroatoms. The highest BCUT2D eigenvalue weighted by atomic mass is 79.9. The molecule has 3 aromatic carbocycles. The highest BCUT2D eigenvalue weighted by Gasteiger charge is 2.33. The number of benzene rings is 3. The Bertz CT molecular complexity index is 2990. The van der Waals surface area contributed by atoms with E-state index in [1.54, 1.807) is 42.8 Å². The molecule has 0 saturated carbocycles. The molecule has 2 amide bonds. The van der Waals surface area contributed by atoms with Crippen LogP contribution in [0.4, 0.5) is 28.8 Å². The lowest BCUT2D eigenvalue weighted by Crippen LogP contribution is -2.53. The predicted molar refractivity (Wildman–Crippen MR) is 270 cm³/mol. The normalized spacial score (nSPS) is 17.9. The molecule has 3 N–H and O–H groups in total. The van der Waals surface area contributed by atoms with Gasteiger partial charge in [-0.2, -0.15) is 4.98 Å². The van der Waals surface area contributed by atoms with Crippen molar-refractivity contribution >= 4 is 91.0 Å². The number of para-hydroxylation sites is 1. The van der Waals surface area contributed by atoms with Crippen LogP contribution in [0.15, 0.2) is 70.1 Å². The first-order valence-corrected chi connectivity index (χ1v) is 26.6. The summed E-state index contributed by atoms with van der Waals surface area (Å²) in [6, 6.07) is 17.8. The van der Waals surface area contributed by atoms with Gasteiger partial charge >= 0.3 is 5.69 Å². The number of methoxy groups -OCH3 is 1. The topological polar surface area (TPSA) is 172 Å². The van der Waals surface area contributed by atoms with E-state index in [9.17, 15) is 18.9 Å². The third kappa shape index (κ3) is 9.48. The third-order valence-electron chi connectivity index (χ3n) is 13.7. The second-order valence-electron chi connectivity index (χ2n) is 18.3. The number of amides is 2. The molecule has 9 rings (SSSR count). The summed E-state index contributed by atoms with van der Waals surface area (Å²) in [6.45, 7) is 14.5. The molecule has 1 unspecified atom stereocenters. The van der Waals surface area contributed by atoms with Gasteiger partial charge in [0.2, 0.25) is 17.8 Å². The molecule has 0 aliphatic carbocycles. The molecule has 0 radical (unpaired) electrons. The summed E-state index contributed by atoms with van der Waals surface area (Å²) < 4.78 is 23.5. The maximum atomic E-state index is 13.7. The van der Waals surface area contributed by atoms with Crippen LogP contribution in [0.1, 0.15) is 55.5 Å². The number of carbonyl (C=O) groups is 2. The Kier molecular flexibility index (Phi) is 13.3. The maximum absolute atomic E-state index is 13.7. The number of piperazine rings is 1. The molecule has 6 aromatic rings. The molecule has 3 aromatic heterocycles. The number of aromatic nitrogens is 5. The smallest absolute Gasteiger partial charge is 0.329 e. The predicted octanol–water partition coefficient (Wildman–Crippen LogP) is 6.86. The monoisotopic (exact) mass is 991 g/mol. The van der Waals surface area contributed by atoms with Crippen LogP contribution in [0.25, 0.3) is 21.9 Å². The van der Waals surface area contributed by atoms with Gasteiger partial charge in [0.1, 0.15) is 24.8 Å². The van der Waals surface area contributed by atoms with Crippen molar-refractivity contribution in [3.8, 4) is 5.75 Å². The molecular weight excluding hydrogens is 933 g/mol. The number of halogens is 1. The minimum atomic E-state index is -2.73. The van der Waals surface area contributed by atoms with Gasteiger partial charge in [0.05, 0.1) is 39.5 Å². The second kappa shape index (κ2) is 19.2. The highest BCUT2D eigenvalue weighted by Crippen LogP contribution is 2.42. The molecule has 6 heterocycles. The van der Waals surface area contributed by atoms with Crippen molar-refractivity contribution < 1.29 is 18.9 Å². The number of aryl methyl sites for hydroxylation is 3. The van der Waals surface area contributed by atoms with E-state index >= 15 is 0 Å². The van der Waals surface area contributed by atoms with Gasteiger partial charge in [0.25, 0.3) is 0 Å². The number of anilines is 5. The van der Waals surface area contributed by atoms with E-state index in [-0.39, 0.29) is 18.0 Å². The number of piperidine rings is 2. The molecule has 0 spiro atoms. The lowest BCUT2D eigenvalue weighted by Gasteiger charge is -2.43. The molecular formula is C49H59BrN11O5P. The van der Waals surface area contributed by atoms with Crippen molar-refractivity contribution in [2.24, 2.45) is 7.05 Å². The lowest BCUT2D eigenvalue weighted by atomic mass is 9.99. The maximum Gasteiger partial charge on any atom is 0.329 e. The number of hydrogen-bond acceptors (Lipinski definition) is 13. The van der Waals surface area contributed by atoms with Crippen molar-refractivity contribution in [2.75, 3.05) is 81.8 Å². The van der Waals surface area contributed by atoms with E-state index in [4.69, 9.17) is 9.72 Å². The number of nitrogens with zero attached hydrogens (tertiary/aromatic N) is 8. The fraction of sp³-hybridized carbons (Fsp3) is 0.429. The largest absolute Gasteiger partial charge is 0.494 e.